The molecule has 1 heterocycles. The summed E-state index contributed by atoms with van der Waals surface area (Å²) >= 11 is 0. The van der Waals surface area contributed by atoms with Crippen LogP contribution >= 0.6 is 0 Å². The zero-order valence-electron chi connectivity index (χ0n) is 9.64. The van der Waals surface area contributed by atoms with Crippen LogP contribution in [0.4, 0.5) is 0 Å². The molecule has 0 radical (unpaired) electrons. The largest absolute Gasteiger partial charge is 1.00 e. The van der Waals surface area contributed by atoms with Gasteiger partial charge in [0, 0.05) is 6.08 Å². The zero-order chi connectivity index (χ0) is 12.8. The summed E-state index contributed by atoms with van der Waals surface area (Å²) in [5.74, 6) is -2.41. The minimum atomic E-state index is -1.52. The molecule has 0 aromatic rings. The quantitative estimate of drug-likeness (QED) is 0.294. The van der Waals surface area contributed by atoms with Crippen LogP contribution in [0.3, 0.4) is 0 Å². The Bertz CT molecular complexity index is 318. The Morgan fingerprint density at radius 3 is 2.56 bits per heavy atom. The van der Waals surface area contributed by atoms with Gasteiger partial charge in [-0.3, -0.25) is 0 Å². The van der Waals surface area contributed by atoms with Crippen molar-refractivity contribution < 1.29 is 68.7 Å². The summed E-state index contributed by atoms with van der Waals surface area (Å²) in [6.07, 6.45) is -2.46. The van der Waals surface area contributed by atoms with E-state index < -0.39 is 30.6 Å². The third-order valence-electron chi connectivity index (χ3n) is 1.80. The monoisotopic (exact) mass is 270 g/mol. The first-order valence-corrected chi connectivity index (χ1v) is 4.68. The number of hydrogen-bond acceptors (Lipinski definition) is 8. The van der Waals surface area contributed by atoms with E-state index in [-0.39, 0.29) is 42.8 Å². The number of carboxylic acids is 1. The molecule has 0 spiro atoms. The third kappa shape index (κ3) is 6.45. The van der Waals surface area contributed by atoms with E-state index in [0.29, 0.717) is 12.2 Å². The average Bonchev–Trinajstić information content (AvgIpc) is 2.28. The molecule has 0 aromatic heterocycles. The minimum Gasteiger partial charge on any atom is -0.545 e. The van der Waals surface area contributed by atoms with Crippen molar-refractivity contribution in [2.75, 3.05) is 13.2 Å². The second-order valence-electron chi connectivity index (χ2n) is 3.15. The van der Waals surface area contributed by atoms with Crippen molar-refractivity contribution in [3.05, 3.63) is 12.2 Å². The van der Waals surface area contributed by atoms with E-state index in [1.165, 1.54) is 0 Å². The summed E-state index contributed by atoms with van der Waals surface area (Å²) in [6, 6.07) is 0. The number of aliphatic hydroxyl groups excluding tert-OH is 2. The molecular weight excluding hydrogens is 259 g/mol. The van der Waals surface area contributed by atoms with Gasteiger partial charge in [-0.1, -0.05) is 0 Å². The van der Waals surface area contributed by atoms with Crippen molar-refractivity contribution in [3.8, 4) is 0 Å². The Balaban J connectivity index is 0.00000289. The van der Waals surface area contributed by atoms with E-state index in [4.69, 9.17) is 19.7 Å². The maximum Gasteiger partial charge on any atom is 1.00 e. The van der Waals surface area contributed by atoms with Crippen LogP contribution in [0.2, 0.25) is 0 Å². The number of hydrogen-bond donors (Lipinski definition) is 2. The predicted molar refractivity (Wildman–Crippen MR) is 47.9 cm³/mol. The molecule has 1 rings (SSSR count). The van der Waals surface area contributed by atoms with E-state index in [0.717, 1.165) is 0 Å². The molecule has 1 aliphatic heterocycles. The average molecular weight is 270 g/mol. The van der Waals surface area contributed by atoms with Gasteiger partial charge in [0.2, 0.25) is 12.6 Å². The van der Waals surface area contributed by atoms with Crippen LogP contribution in [0.25, 0.3) is 0 Å². The number of rotatable bonds is 4. The number of carbonyl (C=O) groups excluding carboxylic acids is 2. The van der Waals surface area contributed by atoms with Crippen molar-refractivity contribution in [1.82, 2.24) is 0 Å². The number of ether oxygens (including phenoxy) is 3. The number of esters is 1. The maximum absolute atomic E-state index is 10.9. The summed E-state index contributed by atoms with van der Waals surface area (Å²) in [5, 5.41) is 28.0. The SMILES string of the molecule is O=C([O-])/C=C/C(=O)OCC1COC(O)C(O)O1.[Na+]. The van der Waals surface area contributed by atoms with Gasteiger partial charge in [-0.05, 0) is 6.08 Å². The molecule has 0 saturated carbocycles. The van der Waals surface area contributed by atoms with E-state index in [1.54, 1.807) is 0 Å². The third-order valence-corrected chi connectivity index (χ3v) is 1.80. The van der Waals surface area contributed by atoms with Crippen LogP contribution in [-0.2, 0) is 23.8 Å². The van der Waals surface area contributed by atoms with E-state index in [1.807, 2.05) is 0 Å². The Hall–Kier alpha value is -0.480. The fourth-order valence-corrected chi connectivity index (χ4v) is 1.04. The van der Waals surface area contributed by atoms with Gasteiger partial charge in [-0.15, -0.1) is 0 Å². The summed E-state index contributed by atoms with van der Waals surface area (Å²) < 4.78 is 14.1. The minimum absolute atomic E-state index is 0. The second kappa shape index (κ2) is 8.59. The zero-order valence-corrected chi connectivity index (χ0v) is 11.6. The standard InChI is InChI=1S/C9H12O8.Na/c10-6(11)1-2-7(12)15-3-5-4-16-8(13)9(14)17-5;/h1-2,5,8-9,13-14H,3-4H2,(H,10,11);/q;+1/p-1/b2-1+;. The van der Waals surface area contributed by atoms with Crippen LogP contribution < -0.4 is 34.7 Å². The number of aliphatic hydroxyl groups is 2. The summed E-state index contributed by atoms with van der Waals surface area (Å²) in [7, 11) is 0. The molecule has 96 valence electrons. The number of carbonyl (C=O) groups is 2. The first kappa shape index (κ1) is 17.5. The van der Waals surface area contributed by atoms with Crippen LogP contribution in [0.15, 0.2) is 12.2 Å². The van der Waals surface area contributed by atoms with Crippen LogP contribution in [-0.4, -0.2) is 54.0 Å². The van der Waals surface area contributed by atoms with Gasteiger partial charge in [-0.25, -0.2) is 4.79 Å². The molecule has 1 aliphatic rings. The van der Waals surface area contributed by atoms with Gasteiger partial charge in [-0.2, -0.15) is 0 Å². The Labute approximate surface area is 124 Å². The van der Waals surface area contributed by atoms with Crippen molar-refractivity contribution >= 4 is 11.9 Å². The first-order valence-electron chi connectivity index (χ1n) is 4.68. The van der Waals surface area contributed by atoms with Gasteiger partial charge in [0.1, 0.15) is 12.7 Å². The molecule has 3 unspecified atom stereocenters. The maximum atomic E-state index is 10.9. The fraction of sp³-hybridized carbons (Fsp3) is 0.556. The molecule has 9 heteroatoms. The van der Waals surface area contributed by atoms with E-state index in [2.05, 4.69) is 4.74 Å². The van der Waals surface area contributed by atoms with Crippen LogP contribution in [0.1, 0.15) is 0 Å². The van der Waals surface area contributed by atoms with Crippen LogP contribution in [0.5, 0.6) is 0 Å². The molecule has 0 amide bonds. The predicted octanol–water partition coefficient (Wildman–Crippen LogP) is -6.11. The molecule has 0 bridgehead atoms. The molecular formula is C9H11NaO8. The molecule has 3 atom stereocenters. The molecule has 8 nitrogen and oxygen atoms in total. The van der Waals surface area contributed by atoms with Gasteiger partial charge in [0.25, 0.3) is 0 Å². The molecule has 18 heavy (non-hydrogen) atoms. The Morgan fingerprint density at radius 2 is 2.00 bits per heavy atom. The van der Waals surface area contributed by atoms with Gasteiger partial charge in [0.15, 0.2) is 0 Å². The Kier molecular flexibility index (Phi) is 8.36. The van der Waals surface area contributed by atoms with Crippen LogP contribution in [0, 0.1) is 0 Å². The number of carboxylic acid groups (broad SMARTS) is 1. The first-order chi connectivity index (χ1) is 7.99. The van der Waals surface area contributed by atoms with E-state index >= 15 is 0 Å². The van der Waals surface area contributed by atoms with E-state index in [9.17, 15) is 14.7 Å². The molecule has 1 fully saturated rings. The number of aliphatic carboxylic acids is 1. The molecule has 0 aromatic carbocycles. The van der Waals surface area contributed by atoms with Gasteiger partial charge in [0.05, 0.1) is 12.6 Å². The van der Waals surface area contributed by atoms with Gasteiger partial charge < -0.3 is 34.3 Å². The Morgan fingerprint density at radius 1 is 1.33 bits per heavy atom. The molecule has 2 N–H and O–H groups in total. The summed E-state index contributed by atoms with van der Waals surface area (Å²) in [5.41, 5.74) is 0. The van der Waals surface area contributed by atoms with Gasteiger partial charge >= 0.3 is 35.5 Å². The summed E-state index contributed by atoms with van der Waals surface area (Å²) in [4.78, 5) is 20.9. The van der Waals surface area contributed by atoms with Crippen molar-refractivity contribution in [3.63, 3.8) is 0 Å². The summed E-state index contributed by atoms with van der Waals surface area (Å²) in [6.45, 7) is -0.296. The molecule has 1 saturated heterocycles. The smallest absolute Gasteiger partial charge is 0.545 e. The molecule has 0 aliphatic carbocycles. The normalized spacial score (nSPS) is 27.6. The van der Waals surface area contributed by atoms with Crippen molar-refractivity contribution in [2.24, 2.45) is 0 Å². The van der Waals surface area contributed by atoms with Crippen molar-refractivity contribution in [2.45, 2.75) is 18.7 Å². The second-order valence-corrected chi connectivity index (χ2v) is 3.15. The fourth-order valence-electron chi connectivity index (χ4n) is 1.04. The van der Waals surface area contributed by atoms with Crippen molar-refractivity contribution in [1.29, 1.82) is 0 Å². The topological polar surface area (TPSA) is 125 Å².